The zero-order valence-electron chi connectivity index (χ0n) is 14.7. The number of aromatic nitrogens is 4. The van der Waals surface area contributed by atoms with Gasteiger partial charge in [0.2, 0.25) is 5.91 Å². The van der Waals surface area contributed by atoms with E-state index in [0.29, 0.717) is 5.82 Å². The van der Waals surface area contributed by atoms with Crippen LogP contribution in [0.1, 0.15) is 23.3 Å². The van der Waals surface area contributed by atoms with Crippen molar-refractivity contribution in [2.75, 3.05) is 12.4 Å². The van der Waals surface area contributed by atoms with E-state index in [1.165, 1.54) is 36.9 Å². The summed E-state index contributed by atoms with van der Waals surface area (Å²) in [6.45, 7) is 1.54. The highest BCUT2D eigenvalue weighted by Gasteiger charge is 2.20. The Morgan fingerprint density at radius 1 is 1.15 bits per heavy atom. The number of carbonyl (C=O) groups excluding carboxylic acids is 2. The summed E-state index contributed by atoms with van der Waals surface area (Å²) in [4.78, 5) is 36.7. The van der Waals surface area contributed by atoms with Gasteiger partial charge >= 0.3 is 5.97 Å². The number of nitrogens with zero attached hydrogens (tertiary/aromatic N) is 4. The fourth-order valence-electron chi connectivity index (χ4n) is 2.45. The van der Waals surface area contributed by atoms with Crippen LogP contribution >= 0.6 is 0 Å². The lowest BCUT2D eigenvalue weighted by molar-refractivity contribution is -0.119. The first-order valence-electron chi connectivity index (χ1n) is 8.09. The first-order valence-corrected chi connectivity index (χ1v) is 8.09. The van der Waals surface area contributed by atoms with Crippen LogP contribution in [0.4, 0.5) is 5.69 Å². The zero-order chi connectivity index (χ0) is 19.4. The quantitative estimate of drug-likeness (QED) is 0.683. The molecule has 0 aliphatic heterocycles. The number of hydrogen-bond donors (Lipinski definition) is 1. The predicted octanol–water partition coefficient (Wildman–Crippen LogP) is 1.42. The average Bonchev–Trinajstić information content (AvgIpc) is 3.22. The molecule has 0 aliphatic carbocycles. The first-order chi connectivity index (χ1) is 13.0. The molecular formula is C18H17N5O4. The number of ether oxygens (including phenoxy) is 1. The molecule has 0 saturated heterocycles. The Balaban J connectivity index is 1.88. The summed E-state index contributed by atoms with van der Waals surface area (Å²) in [5.74, 6) is -0.678. The van der Waals surface area contributed by atoms with Crippen LogP contribution in [0, 0.1) is 0 Å². The number of rotatable bonds is 5. The van der Waals surface area contributed by atoms with E-state index in [2.05, 4.69) is 15.5 Å². The minimum atomic E-state index is -0.918. The van der Waals surface area contributed by atoms with Crippen molar-refractivity contribution in [2.24, 2.45) is 0 Å². The number of methoxy groups -OCH3 is 1. The first kappa shape index (κ1) is 18.1. The highest BCUT2D eigenvalue weighted by atomic mass is 16.5. The lowest BCUT2D eigenvalue weighted by Gasteiger charge is -2.16. The summed E-state index contributed by atoms with van der Waals surface area (Å²) in [5.41, 5.74) is 0.0680. The molecule has 9 nitrogen and oxygen atoms in total. The van der Waals surface area contributed by atoms with Crippen molar-refractivity contribution in [1.82, 2.24) is 19.6 Å². The van der Waals surface area contributed by atoms with Gasteiger partial charge in [0, 0.05) is 18.5 Å². The molecule has 2 heterocycles. The number of nitrogens with one attached hydrogen (secondary N) is 1. The number of benzene rings is 1. The zero-order valence-corrected chi connectivity index (χ0v) is 14.7. The van der Waals surface area contributed by atoms with Gasteiger partial charge in [-0.25, -0.2) is 14.2 Å². The second-order valence-electron chi connectivity index (χ2n) is 5.63. The van der Waals surface area contributed by atoms with Crippen LogP contribution in [0.2, 0.25) is 0 Å². The monoisotopic (exact) mass is 367 g/mol. The van der Waals surface area contributed by atoms with Crippen molar-refractivity contribution in [3.05, 3.63) is 70.8 Å². The number of esters is 1. The van der Waals surface area contributed by atoms with Gasteiger partial charge in [0.15, 0.2) is 5.82 Å². The third-order valence-corrected chi connectivity index (χ3v) is 3.89. The fourth-order valence-corrected chi connectivity index (χ4v) is 2.45. The molecule has 27 heavy (non-hydrogen) atoms. The lowest BCUT2D eigenvalue weighted by Crippen LogP contribution is -2.34. The normalized spacial score (nSPS) is 11.6. The molecule has 3 aromatic rings. The molecule has 1 aromatic carbocycles. The van der Waals surface area contributed by atoms with E-state index in [1.807, 2.05) is 0 Å². The van der Waals surface area contributed by atoms with Gasteiger partial charge in [0.1, 0.15) is 6.04 Å². The molecule has 0 aliphatic rings. The topological polar surface area (TPSA) is 108 Å². The molecule has 0 radical (unpaired) electrons. The van der Waals surface area contributed by atoms with E-state index in [1.54, 1.807) is 36.7 Å². The number of anilines is 1. The number of para-hydroxylation sites is 1. The van der Waals surface area contributed by atoms with Crippen molar-refractivity contribution < 1.29 is 14.3 Å². The molecule has 1 atom stereocenters. The number of hydrogen-bond acceptors (Lipinski definition) is 6. The maximum Gasteiger partial charge on any atom is 0.339 e. The van der Waals surface area contributed by atoms with Crippen molar-refractivity contribution in [2.45, 2.75) is 13.0 Å². The highest BCUT2D eigenvalue weighted by molar-refractivity contribution is 6.02. The van der Waals surface area contributed by atoms with Crippen LogP contribution < -0.4 is 10.9 Å². The molecule has 0 fully saturated rings. The Morgan fingerprint density at radius 2 is 1.93 bits per heavy atom. The van der Waals surface area contributed by atoms with Gasteiger partial charge in [-0.05, 0) is 31.2 Å². The van der Waals surface area contributed by atoms with E-state index in [0.717, 1.165) is 4.68 Å². The summed E-state index contributed by atoms with van der Waals surface area (Å²) >= 11 is 0. The van der Waals surface area contributed by atoms with Crippen molar-refractivity contribution in [3.63, 3.8) is 0 Å². The van der Waals surface area contributed by atoms with E-state index < -0.39 is 23.5 Å². The van der Waals surface area contributed by atoms with E-state index >= 15 is 0 Å². The smallest absolute Gasteiger partial charge is 0.339 e. The fraction of sp³-hybridized carbons (Fsp3) is 0.167. The van der Waals surface area contributed by atoms with Gasteiger partial charge in [-0.1, -0.05) is 12.1 Å². The molecule has 1 unspecified atom stereocenters. The van der Waals surface area contributed by atoms with Crippen LogP contribution in [-0.2, 0) is 9.53 Å². The summed E-state index contributed by atoms with van der Waals surface area (Å²) < 4.78 is 7.25. The summed E-state index contributed by atoms with van der Waals surface area (Å²) in [6.07, 6.45) is 3.26. The molecule has 0 bridgehead atoms. The molecule has 138 valence electrons. The Kier molecular flexibility index (Phi) is 5.11. The Morgan fingerprint density at radius 3 is 2.63 bits per heavy atom. The Bertz CT molecular complexity index is 1030. The highest BCUT2D eigenvalue weighted by Crippen LogP contribution is 2.17. The van der Waals surface area contributed by atoms with Gasteiger partial charge in [0.25, 0.3) is 5.56 Å². The lowest BCUT2D eigenvalue weighted by atomic mass is 10.1. The number of amides is 1. The van der Waals surface area contributed by atoms with Crippen molar-refractivity contribution in [3.8, 4) is 5.82 Å². The predicted molar refractivity (Wildman–Crippen MR) is 96.7 cm³/mol. The van der Waals surface area contributed by atoms with Crippen LogP contribution in [0.15, 0.2) is 59.7 Å². The minimum Gasteiger partial charge on any atom is -0.465 e. The molecule has 1 N–H and O–H groups in total. The number of carbonyl (C=O) groups is 2. The molecule has 2 aromatic heterocycles. The van der Waals surface area contributed by atoms with Crippen LogP contribution in [0.3, 0.4) is 0 Å². The molecular weight excluding hydrogens is 350 g/mol. The second-order valence-corrected chi connectivity index (χ2v) is 5.63. The van der Waals surface area contributed by atoms with Gasteiger partial charge < -0.3 is 10.1 Å². The van der Waals surface area contributed by atoms with Crippen LogP contribution in [-0.4, -0.2) is 38.5 Å². The molecule has 0 spiro atoms. The van der Waals surface area contributed by atoms with E-state index in [-0.39, 0.29) is 11.3 Å². The van der Waals surface area contributed by atoms with E-state index in [4.69, 9.17) is 4.74 Å². The Hall–Kier alpha value is -3.75. The molecule has 3 rings (SSSR count). The minimum absolute atomic E-state index is 0.214. The molecule has 9 heteroatoms. The maximum absolute atomic E-state index is 12.6. The van der Waals surface area contributed by atoms with Gasteiger partial charge in [-0.3, -0.25) is 9.59 Å². The van der Waals surface area contributed by atoms with Crippen molar-refractivity contribution in [1.29, 1.82) is 0 Å². The second kappa shape index (κ2) is 7.65. The van der Waals surface area contributed by atoms with Gasteiger partial charge in [0.05, 0.1) is 18.4 Å². The molecule has 0 saturated carbocycles. The third kappa shape index (κ3) is 3.76. The maximum atomic E-state index is 12.6. The Labute approximate surface area is 154 Å². The third-order valence-electron chi connectivity index (χ3n) is 3.89. The van der Waals surface area contributed by atoms with Gasteiger partial charge in [-0.2, -0.15) is 5.10 Å². The SMILES string of the molecule is COC(=O)c1ccccc1NC(=O)C(C)n1nc(-n2cccn2)ccc1=O. The average molecular weight is 367 g/mol. The van der Waals surface area contributed by atoms with E-state index in [9.17, 15) is 14.4 Å². The van der Waals surface area contributed by atoms with Crippen LogP contribution in [0.5, 0.6) is 0 Å². The molecule has 1 amide bonds. The van der Waals surface area contributed by atoms with Gasteiger partial charge in [-0.15, -0.1) is 5.10 Å². The van der Waals surface area contributed by atoms with Crippen LogP contribution in [0.25, 0.3) is 5.82 Å². The summed E-state index contributed by atoms with van der Waals surface area (Å²) in [6, 6.07) is 10.1. The summed E-state index contributed by atoms with van der Waals surface area (Å²) in [7, 11) is 1.26. The van der Waals surface area contributed by atoms with Crippen molar-refractivity contribution >= 4 is 17.6 Å². The summed E-state index contributed by atoms with van der Waals surface area (Å²) in [5, 5.41) is 10.9. The largest absolute Gasteiger partial charge is 0.465 e. The standard InChI is InChI=1S/C18H17N5O4/c1-12(17(25)20-14-7-4-3-6-13(14)18(26)27-2)23-16(24)9-8-15(21-23)22-11-5-10-19-22/h3-12H,1-2H3,(H,20,25).